The highest BCUT2D eigenvalue weighted by atomic mass is 35.5. The summed E-state index contributed by atoms with van der Waals surface area (Å²) in [6, 6.07) is 10.3. The molecule has 116 valence electrons. The van der Waals surface area contributed by atoms with E-state index in [1.54, 1.807) is 36.7 Å². The van der Waals surface area contributed by atoms with E-state index in [1.165, 1.54) is 11.8 Å². The third-order valence-electron chi connectivity index (χ3n) is 2.99. The van der Waals surface area contributed by atoms with Crippen molar-refractivity contribution in [2.24, 2.45) is 0 Å². The summed E-state index contributed by atoms with van der Waals surface area (Å²) in [7, 11) is 0. The van der Waals surface area contributed by atoms with Gasteiger partial charge in [0.05, 0.1) is 0 Å². The van der Waals surface area contributed by atoms with E-state index in [4.69, 9.17) is 17.3 Å². The molecule has 1 aromatic carbocycles. The molecule has 0 fully saturated rings. The summed E-state index contributed by atoms with van der Waals surface area (Å²) >= 11 is 7.21. The van der Waals surface area contributed by atoms with Crippen LogP contribution in [0.25, 0.3) is 0 Å². The molecule has 0 aliphatic carbocycles. The van der Waals surface area contributed by atoms with E-state index in [0.29, 0.717) is 21.5 Å². The second-order valence-electron chi connectivity index (χ2n) is 4.63. The molecular weight excluding hydrogens is 334 g/mol. The predicted molar refractivity (Wildman–Crippen MR) is 89.4 cm³/mol. The van der Waals surface area contributed by atoms with Gasteiger partial charge in [-0.2, -0.15) is 9.67 Å². The quantitative estimate of drug-likeness (QED) is 0.731. The van der Waals surface area contributed by atoms with Crippen molar-refractivity contribution in [1.29, 1.82) is 0 Å². The smallest absolute Gasteiger partial charge is 0.281 e. The van der Waals surface area contributed by atoms with Gasteiger partial charge in [-0.15, -0.1) is 5.10 Å². The molecule has 0 saturated heterocycles. The standard InChI is InChI=1S/C15H12ClN5OS/c16-12-5-3-11(4-6-12)13(22)21-14(17)19-15(20-21)23-9-10-2-1-7-18-8-10/h1-8H,9H2,(H2,17,19,20). The third kappa shape index (κ3) is 3.69. The minimum atomic E-state index is -0.347. The van der Waals surface area contributed by atoms with Crippen LogP contribution in [0, 0.1) is 0 Å². The van der Waals surface area contributed by atoms with Gasteiger partial charge in [0.15, 0.2) is 0 Å². The summed E-state index contributed by atoms with van der Waals surface area (Å²) < 4.78 is 1.09. The van der Waals surface area contributed by atoms with Crippen LogP contribution < -0.4 is 5.73 Å². The fourth-order valence-electron chi connectivity index (χ4n) is 1.86. The van der Waals surface area contributed by atoms with Crippen LogP contribution in [0.4, 0.5) is 5.95 Å². The SMILES string of the molecule is Nc1nc(SCc2cccnc2)nn1C(=O)c1ccc(Cl)cc1. The Morgan fingerprint density at radius 1 is 1.26 bits per heavy atom. The molecule has 0 aliphatic heterocycles. The molecule has 2 aromatic heterocycles. The van der Waals surface area contributed by atoms with Crippen molar-refractivity contribution in [3.63, 3.8) is 0 Å². The van der Waals surface area contributed by atoms with Gasteiger partial charge in [-0.3, -0.25) is 9.78 Å². The first-order chi connectivity index (χ1) is 11.1. The summed E-state index contributed by atoms with van der Waals surface area (Å²) in [6.45, 7) is 0. The summed E-state index contributed by atoms with van der Waals surface area (Å²) in [5, 5.41) is 5.16. The van der Waals surface area contributed by atoms with E-state index in [9.17, 15) is 4.79 Å². The minimum absolute atomic E-state index is 0.0543. The largest absolute Gasteiger partial charge is 0.368 e. The number of halogens is 1. The molecule has 3 rings (SSSR count). The minimum Gasteiger partial charge on any atom is -0.368 e. The Morgan fingerprint density at radius 3 is 2.74 bits per heavy atom. The van der Waals surface area contributed by atoms with Gasteiger partial charge in [0.2, 0.25) is 11.1 Å². The van der Waals surface area contributed by atoms with E-state index < -0.39 is 0 Å². The summed E-state index contributed by atoms with van der Waals surface area (Å²) in [5.41, 5.74) is 7.27. The first kappa shape index (κ1) is 15.5. The number of pyridine rings is 1. The second-order valence-corrected chi connectivity index (χ2v) is 6.01. The number of nitrogen functional groups attached to an aromatic ring is 1. The molecule has 2 heterocycles. The van der Waals surface area contributed by atoms with Gasteiger partial charge in [-0.05, 0) is 35.9 Å². The van der Waals surface area contributed by atoms with Crippen molar-refractivity contribution in [3.05, 3.63) is 64.9 Å². The lowest BCUT2D eigenvalue weighted by Gasteiger charge is -2.01. The monoisotopic (exact) mass is 345 g/mol. The lowest BCUT2D eigenvalue weighted by Crippen LogP contribution is -2.16. The number of nitrogens with two attached hydrogens (primary N) is 1. The third-order valence-corrected chi connectivity index (χ3v) is 4.15. The molecule has 0 amide bonds. The van der Waals surface area contributed by atoms with Crippen LogP contribution >= 0.6 is 23.4 Å². The van der Waals surface area contributed by atoms with Gasteiger partial charge in [0.1, 0.15) is 0 Å². The van der Waals surface area contributed by atoms with Crippen LogP contribution in [-0.2, 0) is 5.75 Å². The van der Waals surface area contributed by atoms with Crippen molar-refractivity contribution >= 4 is 35.2 Å². The van der Waals surface area contributed by atoms with Crippen LogP contribution in [0.1, 0.15) is 15.9 Å². The topological polar surface area (TPSA) is 86.7 Å². The molecule has 3 aromatic rings. The fraction of sp³-hybridized carbons (Fsp3) is 0.0667. The molecule has 0 radical (unpaired) electrons. The Balaban J connectivity index is 1.75. The van der Waals surface area contributed by atoms with Gasteiger partial charge in [-0.25, -0.2) is 0 Å². The molecule has 6 nitrogen and oxygen atoms in total. The van der Waals surface area contributed by atoms with Crippen LogP contribution in [-0.4, -0.2) is 25.7 Å². The zero-order valence-corrected chi connectivity index (χ0v) is 13.5. The molecule has 8 heteroatoms. The summed E-state index contributed by atoms with van der Waals surface area (Å²) in [5.74, 6) is 0.352. The number of thioether (sulfide) groups is 1. The highest BCUT2D eigenvalue weighted by Gasteiger charge is 2.16. The summed E-state index contributed by atoms with van der Waals surface area (Å²) in [4.78, 5) is 20.5. The molecule has 0 unspecified atom stereocenters. The number of anilines is 1. The maximum absolute atomic E-state index is 12.4. The molecule has 0 spiro atoms. The number of carbonyl (C=O) groups excluding carboxylic acids is 1. The normalized spacial score (nSPS) is 10.7. The number of nitrogens with zero attached hydrogens (tertiary/aromatic N) is 4. The van der Waals surface area contributed by atoms with Crippen molar-refractivity contribution in [3.8, 4) is 0 Å². The number of hydrogen-bond donors (Lipinski definition) is 1. The number of rotatable bonds is 4. The fourth-order valence-corrected chi connectivity index (χ4v) is 2.75. The van der Waals surface area contributed by atoms with Crippen molar-refractivity contribution in [2.75, 3.05) is 5.73 Å². The zero-order valence-electron chi connectivity index (χ0n) is 11.9. The van der Waals surface area contributed by atoms with E-state index in [-0.39, 0.29) is 11.9 Å². The number of hydrogen-bond acceptors (Lipinski definition) is 6. The average molecular weight is 346 g/mol. The van der Waals surface area contributed by atoms with Gasteiger partial charge in [0.25, 0.3) is 5.91 Å². The lowest BCUT2D eigenvalue weighted by atomic mass is 10.2. The number of carbonyl (C=O) groups is 1. The highest BCUT2D eigenvalue weighted by molar-refractivity contribution is 7.98. The Morgan fingerprint density at radius 2 is 2.04 bits per heavy atom. The van der Waals surface area contributed by atoms with Gasteiger partial charge < -0.3 is 5.73 Å². The molecule has 0 bridgehead atoms. The number of aromatic nitrogens is 4. The Bertz CT molecular complexity index is 820. The summed E-state index contributed by atoms with van der Waals surface area (Å²) in [6.07, 6.45) is 3.48. The first-order valence-electron chi connectivity index (χ1n) is 6.68. The maximum Gasteiger partial charge on any atom is 0.281 e. The van der Waals surface area contributed by atoms with Crippen LogP contribution in [0.15, 0.2) is 53.9 Å². The zero-order chi connectivity index (χ0) is 16.2. The molecule has 2 N–H and O–H groups in total. The first-order valence-corrected chi connectivity index (χ1v) is 8.04. The van der Waals surface area contributed by atoms with Crippen LogP contribution in [0.2, 0.25) is 5.02 Å². The van der Waals surface area contributed by atoms with E-state index >= 15 is 0 Å². The van der Waals surface area contributed by atoms with Gasteiger partial charge in [0, 0.05) is 28.7 Å². The molecular formula is C15H12ClN5OS. The maximum atomic E-state index is 12.4. The second kappa shape index (κ2) is 6.80. The van der Waals surface area contributed by atoms with Crippen molar-refractivity contribution in [1.82, 2.24) is 19.7 Å². The van der Waals surface area contributed by atoms with Gasteiger partial charge in [-0.1, -0.05) is 29.4 Å². The molecule has 23 heavy (non-hydrogen) atoms. The lowest BCUT2D eigenvalue weighted by molar-refractivity contribution is 0.0946. The highest BCUT2D eigenvalue weighted by Crippen LogP contribution is 2.20. The Labute approximate surface area is 141 Å². The number of benzene rings is 1. The Hall–Kier alpha value is -2.38. The van der Waals surface area contributed by atoms with Crippen molar-refractivity contribution < 1.29 is 4.79 Å². The van der Waals surface area contributed by atoms with Crippen molar-refractivity contribution in [2.45, 2.75) is 10.9 Å². The van der Waals surface area contributed by atoms with Crippen LogP contribution in [0.5, 0.6) is 0 Å². The van der Waals surface area contributed by atoms with Gasteiger partial charge >= 0.3 is 0 Å². The predicted octanol–water partition coefficient (Wildman–Crippen LogP) is 2.89. The van der Waals surface area contributed by atoms with E-state index in [0.717, 1.165) is 10.2 Å². The van der Waals surface area contributed by atoms with Crippen LogP contribution in [0.3, 0.4) is 0 Å². The Kier molecular flexibility index (Phi) is 4.59. The molecule has 0 atom stereocenters. The molecule has 0 saturated carbocycles. The average Bonchev–Trinajstić information content (AvgIpc) is 2.95. The van der Waals surface area contributed by atoms with E-state index in [2.05, 4.69) is 15.1 Å². The molecule has 0 aliphatic rings. The van der Waals surface area contributed by atoms with E-state index in [1.807, 2.05) is 12.1 Å².